The molecule has 34 heavy (non-hydrogen) atoms. The number of hydrogen-bond acceptors (Lipinski definition) is 4. The number of hydrogen-bond donors (Lipinski definition) is 2. The maximum Gasteiger partial charge on any atom is 0.417 e. The Morgan fingerprint density at radius 2 is 1.97 bits per heavy atom. The molecule has 5 nitrogen and oxygen atoms in total. The molecule has 4 aromatic rings. The number of carbonyl (C=O) groups is 1. The van der Waals surface area contributed by atoms with Gasteiger partial charge in [0.15, 0.2) is 0 Å². The van der Waals surface area contributed by atoms with E-state index in [9.17, 15) is 18.0 Å². The number of carbonyl (C=O) groups excluding carboxylic acids is 1. The lowest BCUT2D eigenvalue weighted by atomic mass is 10.2. The molecule has 0 aliphatic carbocycles. The topological polar surface area (TPSA) is 70.7 Å². The molecule has 0 radical (unpaired) electrons. The minimum absolute atomic E-state index is 0.0527. The number of aromatic amines is 1. The number of benzene rings is 2. The van der Waals surface area contributed by atoms with Crippen LogP contribution in [0.25, 0.3) is 23.1 Å². The summed E-state index contributed by atoms with van der Waals surface area (Å²) >= 11 is 7.07. The molecule has 0 fully saturated rings. The van der Waals surface area contributed by atoms with Crippen LogP contribution in [0.15, 0.2) is 65.7 Å². The molecule has 2 aromatic carbocycles. The Labute approximate surface area is 202 Å². The molecule has 0 aliphatic rings. The molecule has 0 bridgehead atoms. The molecule has 2 heterocycles. The van der Waals surface area contributed by atoms with Crippen LogP contribution in [0, 0.1) is 0 Å². The molecule has 2 N–H and O–H groups in total. The second kappa shape index (κ2) is 10.3. The molecule has 0 saturated heterocycles. The van der Waals surface area contributed by atoms with Crippen LogP contribution in [-0.4, -0.2) is 26.8 Å². The van der Waals surface area contributed by atoms with Gasteiger partial charge in [-0.25, -0.2) is 0 Å². The van der Waals surface area contributed by atoms with E-state index in [0.29, 0.717) is 5.75 Å². The van der Waals surface area contributed by atoms with E-state index in [1.165, 1.54) is 17.8 Å². The van der Waals surface area contributed by atoms with Crippen LogP contribution in [0.5, 0.6) is 0 Å². The molecule has 0 atom stereocenters. The second-order valence-electron chi connectivity index (χ2n) is 7.24. The number of thioether (sulfide) groups is 1. The van der Waals surface area contributed by atoms with Gasteiger partial charge in [-0.15, -0.1) is 11.8 Å². The molecular weight excluding hydrogens is 485 g/mol. The summed E-state index contributed by atoms with van der Waals surface area (Å²) in [7, 11) is 0. The van der Waals surface area contributed by atoms with Crippen LogP contribution in [-0.2, 0) is 11.0 Å². The number of anilines is 1. The van der Waals surface area contributed by atoms with E-state index < -0.39 is 16.8 Å². The van der Waals surface area contributed by atoms with E-state index in [1.807, 2.05) is 48.6 Å². The van der Waals surface area contributed by atoms with Crippen molar-refractivity contribution < 1.29 is 18.0 Å². The maximum atomic E-state index is 13.0. The summed E-state index contributed by atoms with van der Waals surface area (Å²) in [5, 5.41) is 10.4. The van der Waals surface area contributed by atoms with Gasteiger partial charge in [-0.3, -0.25) is 14.9 Å². The van der Waals surface area contributed by atoms with E-state index in [1.54, 1.807) is 6.20 Å². The predicted octanol–water partition coefficient (Wildman–Crippen LogP) is 6.92. The van der Waals surface area contributed by atoms with E-state index in [0.717, 1.165) is 39.3 Å². The van der Waals surface area contributed by atoms with Crippen molar-refractivity contribution in [1.82, 2.24) is 15.2 Å². The van der Waals surface area contributed by atoms with Gasteiger partial charge < -0.3 is 5.32 Å². The number of H-pyrrole nitrogens is 1. The zero-order valence-electron chi connectivity index (χ0n) is 17.6. The Hall–Kier alpha value is -3.30. The number of fused-ring (bicyclic) bond motifs is 1. The van der Waals surface area contributed by atoms with Crippen LogP contribution >= 0.6 is 23.4 Å². The minimum Gasteiger partial charge on any atom is -0.326 e. The smallest absolute Gasteiger partial charge is 0.326 e. The van der Waals surface area contributed by atoms with Gasteiger partial charge in [-0.2, -0.15) is 18.3 Å². The Morgan fingerprint density at radius 1 is 1.12 bits per heavy atom. The largest absolute Gasteiger partial charge is 0.417 e. The summed E-state index contributed by atoms with van der Waals surface area (Å²) in [5.74, 6) is 0.0740. The normalized spacial score (nSPS) is 11.9. The van der Waals surface area contributed by atoms with Gasteiger partial charge in [0.25, 0.3) is 0 Å². The summed E-state index contributed by atoms with van der Waals surface area (Å²) in [4.78, 5) is 17.4. The predicted molar refractivity (Wildman–Crippen MR) is 130 cm³/mol. The van der Waals surface area contributed by atoms with Crippen molar-refractivity contribution in [2.24, 2.45) is 0 Å². The first-order valence-corrected chi connectivity index (χ1v) is 11.5. The zero-order valence-corrected chi connectivity index (χ0v) is 19.1. The Morgan fingerprint density at radius 3 is 2.74 bits per heavy atom. The van der Waals surface area contributed by atoms with Gasteiger partial charge in [0.05, 0.1) is 27.5 Å². The summed E-state index contributed by atoms with van der Waals surface area (Å²) in [6.45, 7) is 0. The van der Waals surface area contributed by atoms with E-state index in [2.05, 4.69) is 20.5 Å². The highest BCUT2D eigenvalue weighted by Crippen LogP contribution is 2.36. The first kappa shape index (κ1) is 23.8. The van der Waals surface area contributed by atoms with Crippen molar-refractivity contribution in [1.29, 1.82) is 0 Å². The van der Waals surface area contributed by atoms with Crippen molar-refractivity contribution >= 4 is 58.0 Å². The van der Waals surface area contributed by atoms with E-state index >= 15 is 0 Å². The molecule has 0 spiro atoms. The fraction of sp³-hybridized carbons (Fsp3) is 0.125. The fourth-order valence-corrected chi connectivity index (χ4v) is 4.29. The highest BCUT2D eigenvalue weighted by Gasteiger charge is 2.33. The Balaban J connectivity index is 1.33. The summed E-state index contributed by atoms with van der Waals surface area (Å²) in [5.41, 5.74) is 1.55. The van der Waals surface area contributed by atoms with Gasteiger partial charge in [0, 0.05) is 34.3 Å². The van der Waals surface area contributed by atoms with Crippen LogP contribution in [0.3, 0.4) is 0 Å². The van der Waals surface area contributed by atoms with Gasteiger partial charge >= 0.3 is 6.18 Å². The molecule has 0 unspecified atom stereocenters. The standard InChI is InChI=1S/C24H18ClF3N4OS/c25-20-8-4-16(13-19(20)24(26,27)28)30-23(33)10-12-34-17-6-7-18-21(31-32-22(18)14-17)9-5-15-3-1-2-11-29-15/h1-9,11,13-14H,10,12H2,(H,30,33)(H,31,32). The average molecular weight is 503 g/mol. The molecule has 10 heteroatoms. The third-order valence-corrected chi connectivity index (χ3v) is 6.14. The van der Waals surface area contributed by atoms with Gasteiger partial charge in [0.2, 0.25) is 5.91 Å². The number of halogens is 4. The molecule has 2 aromatic heterocycles. The van der Waals surface area contributed by atoms with Crippen molar-refractivity contribution in [3.63, 3.8) is 0 Å². The number of rotatable bonds is 7. The summed E-state index contributed by atoms with van der Waals surface area (Å²) < 4.78 is 38.9. The third kappa shape index (κ3) is 5.98. The van der Waals surface area contributed by atoms with Crippen LogP contribution in [0.1, 0.15) is 23.4 Å². The summed E-state index contributed by atoms with van der Waals surface area (Å²) in [6.07, 6.45) is 1.04. The maximum absolute atomic E-state index is 13.0. The van der Waals surface area contributed by atoms with Crippen LogP contribution in [0.2, 0.25) is 5.02 Å². The summed E-state index contributed by atoms with van der Waals surface area (Å²) in [6, 6.07) is 14.8. The molecule has 0 aliphatic heterocycles. The molecule has 174 valence electrons. The lowest BCUT2D eigenvalue weighted by molar-refractivity contribution is -0.137. The third-order valence-electron chi connectivity index (χ3n) is 4.82. The van der Waals surface area contributed by atoms with Crippen LogP contribution < -0.4 is 5.32 Å². The van der Waals surface area contributed by atoms with Gasteiger partial charge in [-0.1, -0.05) is 17.7 Å². The number of aromatic nitrogens is 3. The Kier molecular flexibility index (Phi) is 7.23. The van der Waals surface area contributed by atoms with Crippen LogP contribution in [0.4, 0.5) is 18.9 Å². The number of amides is 1. The van der Waals surface area contributed by atoms with Gasteiger partial charge in [-0.05, 0) is 60.7 Å². The molecule has 0 saturated carbocycles. The van der Waals surface area contributed by atoms with E-state index in [-0.39, 0.29) is 18.0 Å². The number of pyridine rings is 1. The highest BCUT2D eigenvalue weighted by molar-refractivity contribution is 7.99. The highest BCUT2D eigenvalue weighted by atomic mass is 35.5. The first-order chi connectivity index (χ1) is 16.3. The number of nitrogens with one attached hydrogen (secondary N) is 2. The van der Waals surface area contributed by atoms with Crippen molar-refractivity contribution in [3.05, 3.63) is 82.8 Å². The lowest BCUT2D eigenvalue weighted by Crippen LogP contribution is -2.13. The minimum atomic E-state index is -4.59. The van der Waals surface area contributed by atoms with E-state index in [4.69, 9.17) is 11.6 Å². The van der Waals surface area contributed by atoms with Crippen molar-refractivity contribution in [2.75, 3.05) is 11.1 Å². The van der Waals surface area contributed by atoms with Gasteiger partial charge in [0.1, 0.15) is 0 Å². The average Bonchev–Trinajstić information content (AvgIpc) is 3.21. The van der Waals surface area contributed by atoms with Crippen molar-refractivity contribution in [3.8, 4) is 0 Å². The van der Waals surface area contributed by atoms with Crippen molar-refractivity contribution in [2.45, 2.75) is 17.5 Å². The number of nitrogens with zero attached hydrogens (tertiary/aromatic N) is 2. The quantitative estimate of drug-likeness (QED) is 0.269. The first-order valence-electron chi connectivity index (χ1n) is 10.2. The monoisotopic (exact) mass is 502 g/mol. The molecular formula is C24H18ClF3N4OS. The molecule has 4 rings (SSSR count). The number of alkyl halides is 3. The fourth-order valence-electron chi connectivity index (χ4n) is 3.18. The lowest BCUT2D eigenvalue weighted by Gasteiger charge is -2.11. The zero-order chi connectivity index (χ0) is 24.1. The molecule has 1 amide bonds. The Bertz CT molecular complexity index is 1340. The second-order valence-corrected chi connectivity index (χ2v) is 8.82. The SMILES string of the molecule is O=C(CCSc1ccc2c(C=Cc3ccccn3)n[nH]c2c1)Nc1ccc(Cl)c(C(F)(F)F)c1.